The third-order valence-corrected chi connectivity index (χ3v) is 3.41. The predicted molar refractivity (Wildman–Crippen MR) is 66.0 cm³/mol. The molecule has 1 heterocycles. The van der Waals surface area contributed by atoms with E-state index in [2.05, 4.69) is 22.1 Å². The fourth-order valence-corrected chi connectivity index (χ4v) is 2.38. The summed E-state index contributed by atoms with van der Waals surface area (Å²) in [5.41, 5.74) is 0. The molecule has 0 saturated carbocycles. The van der Waals surface area contributed by atoms with Crippen LogP contribution in [-0.2, 0) is 9.53 Å². The summed E-state index contributed by atoms with van der Waals surface area (Å²) in [7, 11) is 0. The van der Waals surface area contributed by atoms with Crippen LogP contribution in [0.1, 0.15) is 6.92 Å². The zero-order chi connectivity index (χ0) is 11.8. The van der Waals surface area contributed by atoms with Gasteiger partial charge in [-0.3, -0.25) is 4.79 Å². The lowest BCUT2D eigenvalue weighted by atomic mass is 10.6. The molecule has 1 aromatic heterocycles. The standard InChI is InChI=1S/C9H13N3O2S2/c1-3-5-10-8-11-12-9(16-8)15-6-7(13)14-4-2/h3H,1,4-6H2,2H3,(H,10,11). The van der Waals surface area contributed by atoms with Crippen molar-refractivity contribution in [2.75, 3.05) is 24.2 Å². The lowest BCUT2D eigenvalue weighted by Crippen LogP contribution is -2.06. The van der Waals surface area contributed by atoms with Crippen molar-refractivity contribution >= 4 is 34.2 Å². The number of esters is 1. The Morgan fingerprint density at radius 3 is 3.19 bits per heavy atom. The Morgan fingerprint density at radius 2 is 2.50 bits per heavy atom. The molecule has 16 heavy (non-hydrogen) atoms. The number of aromatic nitrogens is 2. The van der Waals surface area contributed by atoms with Crippen molar-refractivity contribution in [1.29, 1.82) is 0 Å². The van der Waals surface area contributed by atoms with Gasteiger partial charge in [0.05, 0.1) is 12.4 Å². The van der Waals surface area contributed by atoms with Crippen LogP contribution in [0.25, 0.3) is 0 Å². The van der Waals surface area contributed by atoms with Gasteiger partial charge in [-0.15, -0.1) is 16.8 Å². The van der Waals surface area contributed by atoms with E-state index in [-0.39, 0.29) is 11.7 Å². The van der Waals surface area contributed by atoms with Crippen molar-refractivity contribution in [1.82, 2.24) is 10.2 Å². The van der Waals surface area contributed by atoms with Crippen molar-refractivity contribution in [3.05, 3.63) is 12.7 Å². The van der Waals surface area contributed by atoms with Crippen molar-refractivity contribution in [2.24, 2.45) is 0 Å². The summed E-state index contributed by atoms with van der Waals surface area (Å²) in [6.45, 7) is 6.43. The van der Waals surface area contributed by atoms with E-state index in [0.717, 1.165) is 9.47 Å². The normalized spacial score (nSPS) is 9.81. The largest absolute Gasteiger partial charge is 0.465 e. The molecule has 0 saturated heterocycles. The Balaban J connectivity index is 2.34. The zero-order valence-electron chi connectivity index (χ0n) is 8.93. The molecule has 0 fully saturated rings. The van der Waals surface area contributed by atoms with Crippen LogP contribution in [0, 0.1) is 0 Å². The summed E-state index contributed by atoms with van der Waals surface area (Å²) >= 11 is 2.73. The number of hydrogen-bond acceptors (Lipinski definition) is 7. The van der Waals surface area contributed by atoms with E-state index in [1.165, 1.54) is 23.1 Å². The fraction of sp³-hybridized carbons (Fsp3) is 0.444. The first-order valence-corrected chi connectivity index (χ1v) is 6.53. The lowest BCUT2D eigenvalue weighted by Gasteiger charge is -1.98. The van der Waals surface area contributed by atoms with E-state index >= 15 is 0 Å². The molecule has 0 aliphatic heterocycles. The second-order valence-electron chi connectivity index (χ2n) is 2.64. The molecule has 88 valence electrons. The summed E-state index contributed by atoms with van der Waals surface area (Å²) in [5, 5.41) is 11.6. The fourth-order valence-electron chi connectivity index (χ4n) is 0.822. The minimum Gasteiger partial charge on any atom is -0.465 e. The molecule has 0 unspecified atom stereocenters. The van der Waals surface area contributed by atoms with Crippen molar-refractivity contribution < 1.29 is 9.53 Å². The van der Waals surface area contributed by atoms with Gasteiger partial charge in [-0.25, -0.2) is 0 Å². The van der Waals surface area contributed by atoms with E-state index in [1.807, 2.05) is 0 Å². The quantitative estimate of drug-likeness (QED) is 0.457. The minimum atomic E-state index is -0.233. The smallest absolute Gasteiger partial charge is 0.316 e. The van der Waals surface area contributed by atoms with Gasteiger partial charge >= 0.3 is 5.97 Å². The van der Waals surface area contributed by atoms with Gasteiger partial charge < -0.3 is 10.1 Å². The third kappa shape index (κ3) is 4.63. The predicted octanol–water partition coefficient (Wildman–Crippen LogP) is 1.79. The summed E-state index contributed by atoms with van der Waals surface area (Å²) in [6, 6.07) is 0. The Hall–Kier alpha value is -1.08. The first-order chi connectivity index (χ1) is 7.76. The van der Waals surface area contributed by atoms with Gasteiger partial charge in [0.15, 0.2) is 4.34 Å². The SMILES string of the molecule is C=CCNc1nnc(SCC(=O)OCC)s1. The number of anilines is 1. The number of hydrogen-bond donors (Lipinski definition) is 1. The summed E-state index contributed by atoms with van der Waals surface area (Å²) in [4.78, 5) is 11.1. The van der Waals surface area contributed by atoms with Gasteiger partial charge in [0.25, 0.3) is 0 Å². The first-order valence-electron chi connectivity index (χ1n) is 4.73. The van der Waals surface area contributed by atoms with Crippen LogP contribution < -0.4 is 5.32 Å². The van der Waals surface area contributed by atoms with E-state index in [0.29, 0.717) is 13.2 Å². The van der Waals surface area contributed by atoms with Crippen LogP contribution in [-0.4, -0.2) is 35.1 Å². The number of ether oxygens (including phenoxy) is 1. The van der Waals surface area contributed by atoms with Crippen LogP contribution in [0.15, 0.2) is 17.0 Å². The number of carbonyl (C=O) groups is 1. The van der Waals surface area contributed by atoms with E-state index in [4.69, 9.17) is 4.74 Å². The van der Waals surface area contributed by atoms with Gasteiger partial charge in [0, 0.05) is 6.54 Å². The summed E-state index contributed by atoms with van der Waals surface area (Å²) in [6.07, 6.45) is 1.74. The van der Waals surface area contributed by atoms with Gasteiger partial charge in [-0.2, -0.15) is 0 Å². The number of nitrogens with zero attached hydrogens (tertiary/aromatic N) is 2. The Labute approximate surface area is 102 Å². The number of carbonyl (C=O) groups excluding carboxylic acids is 1. The third-order valence-electron chi connectivity index (χ3n) is 1.42. The first kappa shape index (κ1) is 13.0. The van der Waals surface area contributed by atoms with Crippen molar-refractivity contribution in [3.8, 4) is 0 Å². The maximum absolute atomic E-state index is 11.1. The maximum Gasteiger partial charge on any atom is 0.316 e. The molecule has 1 aromatic rings. The molecule has 5 nitrogen and oxygen atoms in total. The van der Waals surface area contributed by atoms with E-state index < -0.39 is 0 Å². The molecular weight excluding hydrogens is 246 g/mol. The molecule has 0 spiro atoms. The molecule has 0 aliphatic rings. The number of thioether (sulfide) groups is 1. The Morgan fingerprint density at radius 1 is 1.69 bits per heavy atom. The molecule has 0 bridgehead atoms. The second-order valence-corrected chi connectivity index (χ2v) is 4.84. The van der Waals surface area contributed by atoms with Crippen LogP contribution in [0.4, 0.5) is 5.13 Å². The van der Waals surface area contributed by atoms with E-state index in [9.17, 15) is 4.79 Å². The molecule has 0 atom stereocenters. The van der Waals surface area contributed by atoms with Crippen molar-refractivity contribution in [2.45, 2.75) is 11.3 Å². The van der Waals surface area contributed by atoms with Gasteiger partial charge in [0.1, 0.15) is 0 Å². The summed E-state index contributed by atoms with van der Waals surface area (Å²) in [5.74, 6) is 0.0347. The van der Waals surface area contributed by atoms with Gasteiger partial charge in [-0.05, 0) is 6.92 Å². The summed E-state index contributed by atoms with van der Waals surface area (Å²) < 4.78 is 5.55. The highest BCUT2D eigenvalue weighted by molar-refractivity contribution is 8.01. The molecule has 0 aliphatic carbocycles. The lowest BCUT2D eigenvalue weighted by molar-refractivity contribution is -0.139. The molecule has 1 N–H and O–H groups in total. The Bertz CT molecular complexity index is 354. The number of rotatable bonds is 7. The average molecular weight is 259 g/mol. The van der Waals surface area contributed by atoms with Crippen LogP contribution >= 0.6 is 23.1 Å². The topological polar surface area (TPSA) is 64.1 Å². The molecule has 7 heteroatoms. The molecule has 0 radical (unpaired) electrons. The highest BCUT2D eigenvalue weighted by Crippen LogP contribution is 2.25. The highest BCUT2D eigenvalue weighted by Gasteiger charge is 2.07. The maximum atomic E-state index is 11.1. The monoisotopic (exact) mass is 259 g/mol. The number of nitrogens with one attached hydrogen (secondary N) is 1. The minimum absolute atomic E-state index is 0.233. The van der Waals surface area contributed by atoms with Crippen LogP contribution in [0.3, 0.4) is 0 Å². The molecule has 1 rings (SSSR count). The van der Waals surface area contributed by atoms with Crippen LogP contribution in [0.2, 0.25) is 0 Å². The van der Waals surface area contributed by atoms with Gasteiger partial charge in [-0.1, -0.05) is 29.2 Å². The van der Waals surface area contributed by atoms with E-state index in [1.54, 1.807) is 13.0 Å². The van der Waals surface area contributed by atoms with Gasteiger partial charge in [0.2, 0.25) is 5.13 Å². The van der Waals surface area contributed by atoms with Crippen molar-refractivity contribution in [3.63, 3.8) is 0 Å². The van der Waals surface area contributed by atoms with Crippen LogP contribution in [0.5, 0.6) is 0 Å². The Kier molecular flexibility index (Phi) is 5.87. The zero-order valence-corrected chi connectivity index (χ0v) is 10.6. The molecular formula is C9H13N3O2S2. The second kappa shape index (κ2) is 7.24. The molecule has 0 amide bonds. The highest BCUT2D eigenvalue weighted by atomic mass is 32.2. The molecule has 0 aromatic carbocycles. The average Bonchev–Trinajstić information content (AvgIpc) is 2.72.